The molecule has 4 atom stereocenters. The number of nitrogens with zero attached hydrogens (tertiary/aromatic N) is 2. The van der Waals surface area contributed by atoms with E-state index in [4.69, 9.17) is 5.26 Å². The normalized spacial score (nSPS) is 30.5. The molecular weight excluding hydrogens is 384 g/mol. The molecule has 1 aromatic rings. The maximum atomic E-state index is 14.9. The fourth-order valence-corrected chi connectivity index (χ4v) is 5.25. The molecule has 0 radical (unpaired) electrons. The molecule has 28 heavy (non-hydrogen) atoms. The van der Waals surface area contributed by atoms with Crippen LogP contribution in [0.25, 0.3) is 5.57 Å². The first-order valence-corrected chi connectivity index (χ1v) is 9.85. The van der Waals surface area contributed by atoms with E-state index in [-0.39, 0.29) is 5.57 Å². The maximum Gasteiger partial charge on any atom is 0.246 e. The van der Waals surface area contributed by atoms with Crippen LogP contribution < -0.4 is 5.32 Å². The van der Waals surface area contributed by atoms with Crippen molar-refractivity contribution in [3.8, 4) is 6.07 Å². The second kappa shape index (κ2) is 5.97. The molecule has 1 aliphatic carbocycles. The van der Waals surface area contributed by atoms with Gasteiger partial charge in [0.1, 0.15) is 23.0 Å². The standard InChI is InChI=1S/C20H13F2N3O2S/c21-15-5-13(15)18-14-8-24-20(26)19(14)28(27)25-9-16(22)12(6-17(18)25)11-3-1-2-10(4-11)7-23/h1-4,6,8-9,13,15,19H,5H2,(H,24,26). The number of allylic oxidation sites excluding steroid dienone is 4. The van der Waals surface area contributed by atoms with Crippen molar-refractivity contribution in [2.24, 2.45) is 5.92 Å². The Balaban J connectivity index is 1.71. The molecule has 8 heteroatoms. The maximum absolute atomic E-state index is 14.9. The van der Waals surface area contributed by atoms with Crippen molar-refractivity contribution >= 4 is 22.5 Å². The van der Waals surface area contributed by atoms with Crippen LogP contribution in [-0.4, -0.2) is 25.8 Å². The lowest BCUT2D eigenvalue weighted by Crippen LogP contribution is -2.41. The van der Waals surface area contributed by atoms with E-state index in [0.717, 1.165) is 6.20 Å². The highest BCUT2D eigenvalue weighted by Gasteiger charge is 2.52. The van der Waals surface area contributed by atoms with Crippen molar-refractivity contribution in [1.82, 2.24) is 9.62 Å². The Morgan fingerprint density at radius 2 is 2.14 bits per heavy atom. The summed E-state index contributed by atoms with van der Waals surface area (Å²) in [5, 5.41) is 10.7. The van der Waals surface area contributed by atoms with Crippen molar-refractivity contribution < 1.29 is 17.8 Å². The van der Waals surface area contributed by atoms with E-state index in [1.54, 1.807) is 24.3 Å². The van der Waals surface area contributed by atoms with Crippen molar-refractivity contribution in [1.29, 1.82) is 5.26 Å². The van der Waals surface area contributed by atoms with Crippen LogP contribution in [0.15, 0.2) is 65.4 Å². The first kappa shape index (κ1) is 17.1. The highest BCUT2D eigenvalue weighted by molar-refractivity contribution is 7.84. The lowest BCUT2D eigenvalue weighted by molar-refractivity contribution is -0.118. The average Bonchev–Trinajstić information content (AvgIpc) is 3.28. The minimum absolute atomic E-state index is 0.227. The van der Waals surface area contributed by atoms with Gasteiger partial charge in [0, 0.05) is 23.3 Å². The molecule has 1 N–H and O–H groups in total. The molecule has 5 rings (SSSR count). The van der Waals surface area contributed by atoms with Gasteiger partial charge in [0.2, 0.25) is 5.91 Å². The van der Waals surface area contributed by atoms with Gasteiger partial charge in [-0.3, -0.25) is 9.10 Å². The fraction of sp³-hybridized carbons (Fsp3) is 0.200. The number of hydrogen-bond donors (Lipinski definition) is 1. The zero-order valence-corrected chi connectivity index (χ0v) is 15.2. The number of hydrogen-bond acceptors (Lipinski definition) is 3. The quantitative estimate of drug-likeness (QED) is 0.834. The second-order valence-electron chi connectivity index (χ2n) is 6.98. The summed E-state index contributed by atoms with van der Waals surface area (Å²) in [5.74, 6) is -1.48. The predicted octanol–water partition coefficient (Wildman–Crippen LogP) is 2.74. The molecule has 3 aliphatic heterocycles. The first-order chi connectivity index (χ1) is 13.5. The van der Waals surface area contributed by atoms with Crippen LogP contribution in [0.2, 0.25) is 0 Å². The van der Waals surface area contributed by atoms with Gasteiger partial charge in [-0.05, 0) is 35.8 Å². The van der Waals surface area contributed by atoms with Crippen LogP contribution in [0.1, 0.15) is 17.5 Å². The molecule has 4 aliphatic rings. The third kappa shape index (κ3) is 2.39. The van der Waals surface area contributed by atoms with Gasteiger partial charge in [-0.1, -0.05) is 12.1 Å². The van der Waals surface area contributed by atoms with E-state index in [9.17, 15) is 17.8 Å². The van der Waals surface area contributed by atoms with Gasteiger partial charge in [-0.25, -0.2) is 13.0 Å². The number of amides is 1. The molecule has 0 spiro atoms. The molecule has 1 saturated carbocycles. The van der Waals surface area contributed by atoms with E-state index in [1.807, 2.05) is 6.07 Å². The summed E-state index contributed by atoms with van der Waals surface area (Å²) in [4.78, 5) is 12.1. The van der Waals surface area contributed by atoms with Gasteiger partial charge in [0.05, 0.1) is 23.5 Å². The Kier molecular flexibility index (Phi) is 3.64. The summed E-state index contributed by atoms with van der Waals surface area (Å²) in [5.41, 5.74) is 2.64. The lowest BCUT2D eigenvalue weighted by atomic mass is 9.93. The van der Waals surface area contributed by atoms with Gasteiger partial charge >= 0.3 is 0 Å². The van der Waals surface area contributed by atoms with Crippen molar-refractivity contribution in [3.63, 3.8) is 0 Å². The SMILES string of the molecule is N#Cc1cccc(C2=CC3=C(C4CC4F)C4=CNC(=O)C4S(=O)N3C=C2F)c1. The third-order valence-corrected chi connectivity index (χ3v) is 6.83. The molecule has 0 aromatic heterocycles. The van der Waals surface area contributed by atoms with Crippen LogP contribution in [0.5, 0.6) is 0 Å². The number of nitriles is 1. The summed E-state index contributed by atoms with van der Waals surface area (Å²) in [7, 11) is -1.85. The highest BCUT2D eigenvalue weighted by atomic mass is 32.2. The van der Waals surface area contributed by atoms with E-state index in [1.165, 1.54) is 16.6 Å². The largest absolute Gasteiger partial charge is 0.331 e. The molecule has 1 amide bonds. The number of halogens is 2. The van der Waals surface area contributed by atoms with E-state index in [0.29, 0.717) is 34.4 Å². The van der Waals surface area contributed by atoms with Gasteiger partial charge in [-0.15, -0.1) is 0 Å². The van der Waals surface area contributed by atoms with Crippen molar-refractivity contribution in [2.45, 2.75) is 17.8 Å². The molecular formula is C20H13F2N3O2S. The van der Waals surface area contributed by atoms with Crippen LogP contribution in [-0.2, 0) is 15.8 Å². The van der Waals surface area contributed by atoms with Crippen LogP contribution in [0, 0.1) is 17.2 Å². The van der Waals surface area contributed by atoms with Crippen molar-refractivity contribution in [2.75, 3.05) is 0 Å². The summed E-state index contributed by atoms with van der Waals surface area (Å²) < 4.78 is 43.0. The molecule has 0 bridgehead atoms. The lowest BCUT2D eigenvalue weighted by Gasteiger charge is -2.35. The zero-order chi connectivity index (χ0) is 19.6. The molecule has 3 heterocycles. The smallest absolute Gasteiger partial charge is 0.246 e. The minimum atomic E-state index is -1.85. The summed E-state index contributed by atoms with van der Waals surface area (Å²) in [6.45, 7) is 0. The Labute approximate surface area is 161 Å². The molecule has 1 fully saturated rings. The molecule has 140 valence electrons. The van der Waals surface area contributed by atoms with Crippen LogP contribution in [0.4, 0.5) is 8.78 Å². The fourth-order valence-electron chi connectivity index (χ4n) is 3.82. The monoisotopic (exact) mass is 397 g/mol. The van der Waals surface area contributed by atoms with E-state index < -0.39 is 40.1 Å². The number of benzene rings is 1. The third-order valence-electron chi connectivity index (χ3n) is 5.27. The number of alkyl halides is 1. The zero-order valence-electron chi connectivity index (χ0n) is 14.4. The Bertz CT molecular complexity index is 1130. The Hall–Kier alpha value is -3.05. The molecule has 4 unspecified atom stereocenters. The molecule has 5 nitrogen and oxygen atoms in total. The highest BCUT2D eigenvalue weighted by Crippen LogP contribution is 2.51. The van der Waals surface area contributed by atoms with Gasteiger partial charge < -0.3 is 5.32 Å². The number of carbonyl (C=O) groups excluding carboxylic acids is 1. The summed E-state index contributed by atoms with van der Waals surface area (Å²) in [6, 6.07) is 8.52. The minimum Gasteiger partial charge on any atom is -0.331 e. The van der Waals surface area contributed by atoms with Crippen LogP contribution >= 0.6 is 0 Å². The number of nitrogens with one attached hydrogen (secondary N) is 1. The van der Waals surface area contributed by atoms with E-state index in [2.05, 4.69) is 5.32 Å². The van der Waals surface area contributed by atoms with Crippen LogP contribution in [0.3, 0.4) is 0 Å². The summed E-state index contributed by atoms with van der Waals surface area (Å²) >= 11 is 0. The number of rotatable bonds is 2. The predicted molar refractivity (Wildman–Crippen MR) is 98.3 cm³/mol. The average molecular weight is 397 g/mol. The van der Waals surface area contributed by atoms with E-state index >= 15 is 0 Å². The Morgan fingerprint density at radius 3 is 2.86 bits per heavy atom. The van der Waals surface area contributed by atoms with Gasteiger partial charge in [0.25, 0.3) is 0 Å². The number of fused-ring (bicyclic) bond motifs is 2. The van der Waals surface area contributed by atoms with Crippen molar-refractivity contribution in [3.05, 3.63) is 76.5 Å². The van der Waals surface area contributed by atoms with Gasteiger partial charge in [0.15, 0.2) is 5.25 Å². The molecule has 0 saturated heterocycles. The summed E-state index contributed by atoms with van der Waals surface area (Å²) in [6.07, 6.45) is 3.38. The Morgan fingerprint density at radius 1 is 1.36 bits per heavy atom. The second-order valence-corrected chi connectivity index (χ2v) is 8.39. The topological polar surface area (TPSA) is 73.2 Å². The van der Waals surface area contributed by atoms with Gasteiger partial charge in [-0.2, -0.15) is 5.26 Å². The number of carbonyl (C=O) groups is 1. The molecule has 1 aromatic carbocycles. The first-order valence-electron chi connectivity index (χ1n) is 8.68.